The molecular weight excluding hydrogens is 367 g/mol. The number of alkyl halides is 3. The summed E-state index contributed by atoms with van der Waals surface area (Å²) in [6.07, 6.45) is -3.50. The van der Waals surface area contributed by atoms with Gasteiger partial charge in [0.25, 0.3) is 5.91 Å². The van der Waals surface area contributed by atoms with Crippen LogP contribution in [0.4, 0.5) is 13.2 Å². The van der Waals surface area contributed by atoms with E-state index in [1.54, 1.807) is 13.0 Å². The molecule has 144 valence electrons. The number of hydrazone groups is 1. The van der Waals surface area contributed by atoms with Crippen molar-refractivity contribution in [3.05, 3.63) is 88.7 Å². The summed E-state index contributed by atoms with van der Waals surface area (Å²) in [7, 11) is 0. The van der Waals surface area contributed by atoms with Crippen LogP contribution >= 0.6 is 0 Å². The Labute approximate surface area is 160 Å². The highest BCUT2D eigenvalue weighted by Crippen LogP contribution is 2.31. The fourth-order valence-corrected chi connectivity index (χ4v) is 3.06. The molecule has 0 aliphatic heterocycles. The normalized spacial score (nSPS) is 11.8. The molecule has 4 nitrogen and oxygen atoms in total. The van der Waals surface area contributed by atoms with Gasteiger partial charge in [0.2, 0.25) is 0 Å². The predicted molar refractivity (Wildman–Crippen MR) is 102 cm³/mol. The second kappa shape index (κ2) is 7.72. The van der Waals surface area contributed by atoms with Crippen molar-refractivity contribution in [3.8, 4) is 5.69 Å². The van der Waals surface area contributed by atoms with Crippen molar-refractivity contribution < 1.29 is 18.0 Å². The molecule has 1 amide bonds. The number of aryl methyl sites for hydroxylation is 1. The third-order valence-electron chi connectivity index (χ3n) is 4.33. The summed E-state index contributed by atoms with van der Waals surface area (Å²) < 4.78 is 41.0. The number of aromatic nitrogens is 1. The predicted octanol–water partition coefficient (Wildman–Crippen LogP) is 4.88. The second-order valence-corrected chi connectivity index (χ2v) is 6.24. The molecule has 0 atom stereocenters. The van der Waals surface area contributed by atoms with Crippen LogP contribution in [-0.4, -0.2) is 16.7 Å². The fourth-order valence-electron chi connectivity index (χ4n) is 3.06. The Morgan fingerprint density at radius 3 is 2.36 bits per heavy atom. The lowest BCUT2D eigenvalue weighted by molar-refractivity contribution is -0.137. The molecule has 0 aliphatic rings. The minimum Gasteiger partial charge on any atom is -0.318 e. The molecule has 2 aromatic carbocycles. The number of carbonyl (C=O) groups is 1. The van der Waals surface area contributed by atoms with Gasteiger partial charge in [-0.1, -0.05) is 36.4 Å². The van der Waals surface area contributed by atoms with Crippen LogP contribution in [0, 0.1) is 13.8 Å². The Bertz CT molecular complexity index is 1020. The summed E-state index contributed by atoms with van der Waals surface area (Å²) in [6, 6.07) is 16.3. The van der Waals surface area contributed by atoms with Crippen LogP contribution in [-0.2, 0) is 6.18 Å². The number of hydrogen-bond donors (Lipinski definition) is 1. The van der Waals surface area contributed by atoms with E-state index in [9.17, 15) is 18.0 Å². The highest BCUT2D eigenvalue weighted by atomic mass is 19.4. The van der Waals surface area contributed by atoms with E-state index in [0.29, 0.717) is 11.3 Å². The summed E-state index contributed by atoms with van der Waals surface area (Å²) in [5, 5.41) is 3.71. The van der Waals surface area contributed by atoms with E-state index in [-0.39, 0.29) is 5.56 Å². The van der Waals surface area contributed by atoms with Crippen LogP contribution in [0.5, 0.6) is 0 Å². The van der Waals surface area contributed by atoms with E-state index in [0.717, 1.165) is 23.7 Å². The van der Waals surface area contributed by atoms with Gasteiger partial charge in [-0.25, -0.2) is 5.43 Å². The van der Waals surface area contributed by atoms with Gasteiger partial charge < -0.3 is 4.57 Å². The van der Waals surface area contributed by atoms with Gasteiger partial charge >= 0.3 is 6.18 Å². The van der Waals surface area contributed by atoms with Gasteiger partial charge in [-0.3, -0.25) is 4.79 Å². The summed E-state index contributed by atoms with van der Waals surface area (Å²) in [4.78, 5) is 12.5. The molecule has 3 aromatic rings. The van der Waals surface area contributed by atoms with Crippen LogP contribution in [0.2, 0.25) is 0 Å². The van der Waals surface area contributed by atoms with Gasteiger partial charge in [-0.05, 0) is 38.1 Å². The van der Waals surface area contributed by atoms with Gasteiger partial charge in [-0.2, -0.15) is 18.3 Å². The van der Waals surface area contributed by atoms with Gasteiger partial charge in [0.15, 0.2) is 0 Å². The molecule has 0 saturated carbocycles. The fraction of sp³-hybridized carbons (Fsp3) is 0.143. The maximum absolute atomic E-state index is 13.0. The van der Waals surface area contributed by atoms with E-state index < -0.39 is 17.6 Å². The first kappa shape index (κ1) is 19.4. The number of benzene rings is 2. The zero-order valence-corrected chi connectivity index (χ0v) is 15.3. The first-order valence-electron chi connectivity index (χ1n) is 8.53. The number of carbonyl (C=O) groups excluding carboxylic acids is 1. The lowest BCUT2D eigenvalue weighted by Crippen LogP contribution is -2.19. The van der Waals surface area contributed by atoms with E-state index in [1.165, 1.54) is 18.2 Å². The molecule has 0 radical (unpaired) electrons. The number of rotatable bonds is 4. The maximum atomic E-state index is 13.0. The molecule has 28 heavy (non-hydrogen) atoms. The molecule has 0 bridgehead atoms. The zero-order chi connectivity index (χ0) is 20.3. The van der Waals surface area contributed by atoms with E-state index >= 15 is 0 Å². The number of nitrogens with one attached hydrogen (secondary N) is 1. The molecule has 1 N–H and O–H groups in total. The standard InChI is InChI=1S/C21H18F3N3O/c1-14-12-18(15(2)27(14)17-9-4-3-5-10-17)20(28)26-25-13-16-8-6-7-11-19(16)21(22,23)24/h3-13H,1-2H3,(H,26,28)/b25-13-. The highest BCUT2D eigenvalue weighted by molar-refractivity contribution is 5.96. The number of amides is 1. The van der Waals surface area contributed by atoms with Crippen molar-refractivity contribution in [3.63, 3.8) is 0 Å². The molecule has 1 aromatic heterocycles. The van der Waals surface area contributed by atoms with E-state index in [1.807, 2.05) is 41.8 Å². The van der Waals surface area contributed by atoms with Gasteiger partial charge in [0.1, 0.15) is 0 Å². The molecule has 0 aliphatic carbocycles. The average molecular weight is 385 g/mol. The Kier molecular flexibility index (Phi) is 5.35. The largest absolute Gasteiger partial charge is 0.417 e. The highest BCUT2D eigenvalue weighted by Gasteiger charge is 2.32. The molecular formula is C21H18F3N3O. The summed E-state index contributed by atoms with van der Waals surface area (Å²) >= 11 is 0. The van der Waals surface area contributed by atoms with Crippen molar-refractivity contribution in [1.29, 1.82) is 0 Å². The van der Waals surface area contributed by atoms with E-state index in [4.69, 9.17) is 0 Å². The third kappa shape index (κ3) is 3.98. The minimum absolute atomic E-state index is 0.120. The lowest BCUT2D eigenvalue weighted by atomic mass is 10.1. The molecule has 0 spiro atoms. The Morgan fingerprint density at radius 1 is 1.04 bits per heavy atom. The van der Waals surface area contributed by atoms with Crippen LogP contribution in [0.3, 0.4) is 0 Å². The molecule has 0 fully saturated rings. The monoisotopic (exact) mass is 385 g/mol. The molecule has 1 heterocycles. The Hall–Kier alpha value is -3.35. The zero-order valence-electron chi connectivity index (χ0n) is 15.3. The molecule has 7 heteroatoms. The number of halogens is 3. The maximum Gasteiger partial charge on any atom is 0.417 e. The Balaban J connectivity index is 1.81. The number of hydrogen-bond acceptors (Lipinski definition) is 2. The summed E-state index contributed by atoms with van der Waals surface area (Å²) in [5.74, 6) is -0.490. The van der Waals surface area contributed by atoms with Crippen LogP contribution in [0.15, 0.2) is 65.8 Å². The minimum atomic E-state index is -4.49. The van der Waals surface area contributed by atoms with Crippen molar-refractivity contribution >= 4 is 12.1 Å². The smallest absolute Gasteiger partial charge is 0.318 e. The molecule has 0 saturated heterocycles. The molecule has 3 rings (SSSR count). The van der Waals surface area contributed by atoms with Gasteiger partial charge in [0.05, 0.1) is 17.3 Å². The third-order valence-corrected chi connectivity index (χ3v) is 4.33. The quantitative estimate of drug-likeness (QED) is 0.505. The number of nitrogens with zero attached hydrogens (tertiary/aromatic N) is 2. The van der Waals surface area contributed by atoms with Crippen molar-refractivity contribution in [1.82, 2.24) is 9.99 Å². The van der Waals surface area contributed by atoms with E-state index in [2.05, 4.69) is 10.5 Å². The summed E-state index contributed by atoms with van der Waals surface area (Å²) in [5.41, 5.74) is 4.28. The average Bonchev–Trinajstić information content (AvgIpc) is 2.96. The Morgan fingerprint density at radius 2 is 1.68 bits per heavy atom. The second-order valence-electron chi connectivity index (χ2n) is 6.24. The van der Waals surface area contributed by atoms with Crippen LogP contribution in [0.25, 0.3) is 5.69 Å². The first-order valence-corrected chi connectivity index (χ1v) is 8.53. The van der Waals surface area contributed by atoms with Crippen LogP contribution < -0.4 is 5.43 Å². The van der Waals surface area contributed by atoms with Crippen molar-refractivity contribution in [2.75, 3.05) is 0 Å². The number of para-hydroxylation sites is 1. The van der Waals surface area contributed by atoms with Crippen molar-refractivity contribution in [2.45, 2.75) is 20.0 Å². The topological polar surface area (TPSA) is 46.4 Å². The molecule has 0 unspecified atom stereocenters. The van der Waals surface area contributed by atoms with Gasteiger partial charge in [-0.15, -0.1) is 0 Å². The summed E-state index contributed by atoms with van der Waals surface area (Å²) in [6.45, 7) is 3.68. The van der Waals surface area contributed by atoms with Crippen molar-refractivity contribution in [2.24, 2.45) is 5.10 Å². The van der Waals surface area contributed by atoms with Crippen LogP contribution in [0.1, 0.15) is 32.9 Å². The van der Waals surface area contributed by atoms with Gasteiger partial charge in [0, 0.05) is 22.6 Å². The lowest BCUT2D eigenvalue weighted by Gasteiger charge is -2.10. The first-order chi connectivity index (χ1) is 13.3. The SMILES string of the molecule is Cc1cc(C(=O)N/N=C\c2ccccc2C(F)(F)F)c(C)n1-c1ccccc1.